The summed E-state index contributed by atoms with van der Waals surface area (Å²) in [6, 6.07) is 7.90. The van der Waals surface area contributed by atoms with E-state index in [4.69, 9.17) is 35.8 Å². The quantitative estimate of drug-likeness (QED) is 0.0637. The number of ether oxygens (including phenoxy) is 7. The number of hydrogen-bond donors (Lipinski definition) is 0. The largest absolute Gasteiger partial charge is 0.463 e. The lowest BCUT2D eigenvalue weighted by atomic mass is 9.59. The maximum atomic E-state index is 13.5. The Labute approximate surface area is 273 Å². The molecule has 1 aromatic carbocycles. The van der Waals surface area contributed by atoms with Crippen LogP contribution in [0.5, 0.6) is 0 Å². The second-order valence-corrected chi connectivity index (χ2v) is 9.91. The van der Waals surface area contributed by atoms with E-state index in [1.165, 1.54) is 19.3 Å². The molecule has 0 bridgehead atoms. The average Bonchev–Trinajstić information content (AvgIpc) is 3.06. The van der Waals surface area contributed by atoms with Crippen LogP contribution in [0, 0.1) is 0 Å². The van der Waals surface area contributed by atoms with Gasteiger partial charge in [-0.05, 0) is 34.1 Å². The third-order valence-corrected chi connectivity index (χ3v) is 5.90. The zero-order chi connectivity index (χ0) is 35.2. The Morgan fingerprint density at radius 2 is 1.16 bits per heavy atom. The predicted molar refractivity (Wildman–Crippen MR) is 174 cm³/mol. The van der Waals surface area contributed by atoms with E-state index in [2.05, 4.69) is 0 Å². The van der Waals surface area contributed by atoms with Crippen LogP contribution < -0.4 is 0 Å². The fourth-order valence-corrected chi connectivity index (χ4v) is 3.50. The zero-order valence-electron chi connectivity index (χ0n) is 29.6. The number of hydrogen-bond acceptors (Lipinski definition) is 11. The van der Waals surface area contributed by atoms with Gasteiger partial charge in [0.2, 0.25) is 5.60 Å². The third-order valence-electron chi connectivity index (χ3n) is 5.90. The molecule has 1 aromatic rings. The molecule has 0 spiro atoms. The second-order valence-electron chi connectivity index (χ2n) is 9.91. The highest BCUT2D eigenvalue weighted by molar-refractivity contribution is 6.88. The van der Waals surface area contributed by atoms with Crippen molar-refractivity contribution in [3.63, 3.8) is 0 Å². The van der Waals surface area contributed by atoms with Gasteiger partial charge in [-0.3, -0.25) is 9.59 Å². The van der Waals surface area contributed by atoms with Crippen molar-refractivity contribution in [3.05, 3.63) is 35.9 Å². The van der Waals surface area contributed by atoms with Gasteiger partial charge in [-0.15, -0.1) is 0 Å². The van der Waals surface area contributed by atoms with Crippen molar-refractivity contribution in [2.75, 3.05) is 59.5 Å². The Bertz CT molecular complexity index is 942. The van der Waals surface area contributed by atoms with Crippen molar-refractivity contribution in [2.24, 2.45) is 0 Å². The van der Waals surface area contributed by atoms with Gasteiger partial charge in [0.25, 0.3) is 0 Å². The monoisotopic (exact) mass is 638 g/mol. The normalized spacial score (nSPS) is 11.2. The Morgan fingerprint density at radius 3 is 1.56 bits per heavy atom. The first-order valence-corrected chi connectivity index (χ1v) is 15.8. The molecule has 0 unspecified atom stereocenters. The summed E-state index contributed by atoms with van der Waals surface area (Å²) in [5.41, 5.74) is -2.22. The number of benzene rings is 1. The molecule has 0 N–H and O–H groups in total. The molecule has 0 aliphatic rings. The molecule has 0 saturated carbocycles. The van der Waals surface area contributed by atoms with Crippen molar-refractivity contribution < 1.29 is 52.3 Å². The Kier molecular flexibility index (Phi) is 24.3. The van der Waals surface area contributed by atoms with E-state index in [0.29, 0.717) is 19.8 Å². The minimum Gasteiger partial charge on any atom is -0.463 e. The lowest BCUT2D eigenvalue weighted by Gasteiger charge is -2.30. The molecule has 11 nitrogen and oxygen atoms in total. The highest BCUT2D eigenvalue weighted by atomic mass is 16.6. The van der Waals surface area contributed by atoms with Crippen LogP contribution in [0.15, 0.2) is 30.3 Å². The van der Waals surface area contributed by atoms with E-state index in [0.717, 1.165) is 38.5 Å². The molecule has 1 rings (SSSR count). The van der Waals surface area contributed by atoms with Crippen molar-refractivity contribution in [1.29, 1.82) is 2.67 Å². The van der Waals surface area contributed by atoms with Gasteiger partial charge in [-0.1, -0.05) is 65.1 Å². The molecule has 1 radical (unpaired) electrons. The first-order valence-electron chi connectivity index (χ1n) is 16.9. The van der Waals surface area contributed by atoms with E-state index < -0.39 is 50.0 Å². The highest BCUT2D eigenvalue weighted by Crippen LogP contribution is 2.27. The van der Waals surface area contributed by atoms with Crippen LogP contribution >= 0.6 is 0 Å². The van der Waals surface area contributed by atoms with Crippen LogP contribution in [-0.2, 0) is 47.5 Å². The lowest BCUT2D eigenvalue weighted by Crippen LogP contribution is -2.49. The predicted octanol–water partition coefficient (Wildman–Crippen LogP) is 3.73. The first-order chi connectivity index (χ1) is 22.6. The summed E-state index contributed by atoms with van der Waals surface area (Å²) < 4.78 is 50.6. The van der Waals surface area contributed by atoms with E-state index in [-0.39, 0.29) is 45.2 Å². The first kappa shape index (κ1) is 38.3. The highest BCUT2D eigenvalue weighted by Gasteiger charge is 2.49. The van der Waals surface area contributed by atoms with Gasteiger partial charge in [0.05, 0.1) is 53.1 Å². The molecular formula is C32H53B2O11. The molecule has 0 aliphatic heterocycles. The maximum Gasteiger partial charge on any atom is 0.351 e. The van der Waals surface area contributed by atoms with E-state index in [1.54, 1.807) is 25.0 Å². The van der Waals surface area contributed by atoms with Crippen LogP contribution in [0.4, 0.5) is 0 Å². The van der Waals surface area contributed by atoms with Gasteiger partial charge in [-0.2, -0.15) is 0 Å². The SMILES string of the molecule is CCCCOCCOC(=O)CC(CC(=O)OCCOCCCC)(OC(=O)c1ccccc1)C(=O)OCCOCCCC.[2H]B([3H])[B]C. The van der Waals surface area contributed by atoms with Crippen LogP contribution in [0.2, 0.25) is 6.82 Å². The Hall–Kier alpha value is -2.89. The summed E-state index contributed by atoms with van der Waals surface area (Å²) in [6.45, 7) is 9.38. The molecule has 253 valence electrons. The molecule has 0 saturated heterocycles. The molecule has 13 heteroatoms. The number of carbonyl (C=O) groups excluding carboxylic acids is 4. The topological polar surface area (TPSA) is 133 Å². The van der Waals surface area contributed by atoms with Gasteiger partial charge >= 0.3 is 23.9 Å². The smallest absolute Gasteiger partial charge is 0.351 e. The third kappa shape index (κ3) is 21.5. The molecule has 45 heavy (non-hydrogen) atoms. The van der Waals surface area contributed by atoms with Crippen molar-refractivity contribution in [3.8, 4) is 0 Å². The summed E-state index contributed by atoms with van der Waals surface area (Å²) in [5.74, 6) is -3.75. The molecule has 0 amide bonds. The minimum atomic E-state index is -2.34. The van der Waals surface area contributed by atoms with Crippen molar-refractivity contribution in [2.45, 2.75) is 84.6 Å². The van der Waals surface area contributed by atoms with Crippen LogP contribution in [0.25, 0.3) is 0 Å². The van der Waals surface area contributed by atoms with Gasteiger partial charge in [0.1, 0.15) is 19.8 Å². The molecule has 0 aliphatic carbocycles. The average molecular weight is 638 g/mol. The molecule has 0 aromatic heterocycles. The number of esters is 4. The van der Waals surface area contributed by atoms with Crippen LogP contribution in [-0.4, -0.2) is 106 Å². The lowest BCUT2D eigenvalue weighted by molar-refractivity contribution is -0.179. The molecular weight excluding hydrogens is 582 g/mol. The van der Waals surface area contributed by atoms with Gasteiger partial charge in [0.15, 0.2) is 0 Å². The summed E-state index contributed by atoms with van der Waals surface area (Å²) in [7, 11) is 0.759. The van der Waals surface area contributed by atoms with Crippen LogP contribution in [0.1, 0.15) is 82.5 Å². The van der Waals surface area contributed by atoms with Crippen LogP contribution in [0.3, 0.4) is 0 Å². The summed E-state index contributed by atoms with van der Waals surface area (Å²) in [4.78, 5) is 52.3. The van der Waals surface area contributed by atoms with E-state index in [9.17, 15) is 19.2 Å². The minimum absolute atomic E-state index is 0.0783. The Balaban J connectivity index is 0.00000391. The second kappa shape index (κ2) is 28.6. The number of unbranched alkanes of at least 4 members (excludes halogenated alkanes) is 3. The molecule has 0 heterocycles. The van der Waals surface area contributed by atoms with Gasteiger partial charge < -0.3 is 33.2 Å². The zero-order valence-corrected chi connectivity index (χ0v) is 27.6. The molecule has 0 atom stereocenters. The van der Waals surface area contributed by atoms with E-state index >= 15 is 0 Å². The summed E-state index contributed by atoms with van der Waals surface area (Å²) >= 11 is 0. The Morgan fingerprint density at radius 1 is 0.733 bits per heavy atom. The standard InChI is InChI=1S/C31H48O11.CH5B2/c1-4-7-15-36-18-21-39-27(32)24-31(30(35)41-23-20-38-17-9-6-3,42-29(34)26-13-11-10-12-14-26)25-28(33)40-22-19-37-16-8-5-2;1-3-2/h10-14H,4-9,15-25H2,1-3H3;2H2,1H3/i;2TD. The number of rotatable bonds is 26. The number of carbonyl (C=O) groups is 4. The fraction of sp³-hybridized carbons (Fsp3) is 0.688. The van der Waals surface area contributed by atoms with Gasteiger partial charge in [0, 0.05) is 19.8 Å². The summed E-state index contributed by atoms with van der Waals surface area (Å²) in [5, 5.41) is 0. The van der Waals surface area contributed by atoms with Crippen molar-refractivity contribution >= 4 is 38.7 Å². The summed E-state index contributed by atoms with van der Waals surface area (Å²) in [6.07, 6.45) is 3.91. The fourth-order valence-electron chi connectivity index (χ4n) is 3.50. The van der Waals surface area contributed by atoms with Gasteiger partial charge in [-0.25, -0.2) is 9.59 Å². The van der Waals surface area contributed by atoms with Crippen molar-refractivity contribution in [1.82, 2.24) is 0 Å². The van der Waals surface area contributed by atoms with E-state index in [1.807, 2.05) is 20.8 Å². The maximum absolute atomic E-state index is 13.5. The molecule has 0 fully saturated rings.